The van der Waals surface area contributed by atoms with Crippen molar-refractivity contribution in [2.45, 2.75) is 72.6 Å². The van der Waals surface area contributed by atoms with Gasteiger partial charge in [0.25, 0.3) is 0 Å². The van der Waals surface area contributed by atoms with Gasteiger partial charge in [-0.05, 0) is 64.8 Å². The Kier molecular flexibility index (Phi) is 8.30. The van der Waals surface area contributed by atoms with Crippen LogP contribution in [-0.2, 0) is 37.3 Å². The van der Waals surface area contributed by atoms with Crippen LogP contribution in [0.1, 0.15) is 73.6 Å². The van der Waals surface area contributed by atoms with Crippen molar-refractivity contribution in [1.82, 2.24) is 14.8 Å². The molecule has 0 saturated carbocycles. The summed E-state index contributed by atoms with van der Waals surface area (Å²) in [6.45, 7) is 17.0. The average Bonchev–Trinajstić information content (AvgIpc) is 3.44. The Hall–Kier alpha value is -3.33. The van der Waals surface area contributed by atoms with E-state index < -0.39 is 11.8 Å². The number of aromatic nitrogens is 3. The zero-order chi connectivity index (χ0) is 31.2. The summed E-state index contributed by atoms with van der Waals surface area (Å²) in [6.07, 6.45) is 0.374. The topological polar surface area (TPSA) is 30.7 Å². The van der Waals surface area contributed by atoms with Crippen LogP contribution in [0.3, 0.4) is 0 Å². The molecule has 1 radical (unpaired) electrons. The third-order valence-electron chi connectivity index (χ3n) is 8.31. The van der Waals surface area contributed by atoms with Crippen LogP contribution in [0.5, 0.6) is 0 Å². The van der Waals surface area contributed by atoms with E-state index >= 15 is 0 Å². The molecule has 3 nitrogen and oxygen atoms in total. The van der Waals surface area contributed by atoms with Crippen molar-refractivity contribution in [1.29, 1.82) is 0 Å². The van der Waals surface area contributed by atoms with E-state index in [0.29, 0.717) is 0 Å². The quantitative estimate of drug-likeness (QED) is 0.173. The summed E-state index contributed by atoms with van der Waals surface area (Å²) in [4.78, 5) is 4.22. The number of hydrogen-bond donors (Lipinski definition) is 0. The second-order valence-electron chi connectivity index (χ2n) is 12.9. The molecule has 0 spiro atoms. The summed E-state index contributed by atoms with van der Waals surface area (Å²) in [6, 6.07) is 34.6. The summed E-state index contributed by atoms with van der Waals surface area (Å²) in [5, 5.41) is 5.00. The Labute approximate surface area is 268 Å². The van der Waals surface area contributed by atoms with Crippen molar-refractivity contribution < 1.29 is 22.8 Å². The summed E-state index contributed by atoms with van der Waals surface area (Å²) in [7, 11) is 0. The summed E-state index contributed by atoms with van der Waals surface area (Å²) in [5.41, 5.74) is 8.43. The van der Waals surface area contributed by atoms with Crippen LogP contribution >= 0.6 is 0 Å². The van der Waals surface area contributed by atoms with Gasteiger partial charge in [-0.25, -0.2) is 0 Å². The van der Waals surface area contributed by atoms with Gasteiger partial charge in [-0.15, -0.1) is 41.5 Å². The molecule has 0 fully saturated rings. The van der Waals surface area contributed by atoms with Crippen molar-refractivity contribution in [2.75, 3.05) is 0 Å². The number of hydrogen-bond acceptors (Lipinski definition) is 2. The van der Waals surface area contributed by atoms with Gasteiger partial charge in [0, 0.05) is 45.7 Å². The minimum Gasteiger partial charge on any atom is -0.305 e. The monoisotopic (exact) mass is 734 g/mol. The van der Waals surface area contributed by atoms with Crippen LogP contribution < -0.4 is 0 Å². The fourth-order valence-electron chi connectivity index (χ4n) is 5.34. The molecule has 2 aromatic heterocycles. The first-order valence-electron chi connectivity index (χ1n) is 15.3. The molecule has 0 aliphatic carbocycles. The number of nitrogens with zero attached hydrogens (tertiary/aromatic N) is 3. The number of pyridine rings is 1. The van der Waals surface area contributed by atoms with Gasteiger partial charge in [-0.2, -0.15) is 29.4 Å². The molecule has 5 aromatic rings. The second-order valence-corrected chi connectivity index (χ2v) is 12.9. The van der Waals surface area contributed by atoms with Gasteiger partial charge in [-0.3, -0.25) is 4.68 Å². The minimum absolute atomic E-state index is 0. The standard InChI is InChI=1S/C27H33N2.C11H8N.Ir/c1-18-15-19(13-14-20(18)17-25(2,3)4)22-16-24-27(7,8)26(5,6)21-11-9-10-12-23(21)29(24)28-22;1-2-6-10(7-3-1)11-8-4-5-9-12-11;/h9-11,13-16H,17H2,1-8H3;1-6,8-9H;/q2*-1;/i17D2;;. The van der Waals surface area contributed by atoms with Crippen molar-refractivity contribution in [3.05, 3.63) is 126 Å². The van der Waals surface area contributed by atoms with Gasteiger partial charge in [0.2, 0.25) is 0 Å². The zero-order valence-electron chi connectivity index (χ0n) is 27.8. The number of rotatable bonds is 3. The molecule has 0 saturated heterocycles. The summed E-state index contributed by atoms with van der Waals surface area (Å²) < 4.78 is 19.4. The van der Waals surface area contributed by atoms with Gasteiger partial charge < -0.3 is 4.98 Å². The number of para-hydroxylation sites is 1. The molecule has 6 rings (SSSR count). The second kappa shape index (κ2) is 12.1. The Morgan fingerprint density at radius 2 is 1.57 bits per heavy atom. The fraction of sp³-hybridized carbons (Fsp3) is 0.316. The van der Waals surface area contributed by atoms with Gasteiger partial charge in [0.1, 0.15) is 0 Å². The average molecular weight is 734 g/mol. The predicted molar refractivity (Wildman–Crippen MR) is 170 cm³/mol. The molecule has 3 aromatic carbocycles. The van der Waals surface area contributed by atoms with E-state index in [2.05, 4.69) is 69.1 Å². The van der Waals surface area contributed by atoms with E-state index in [1.165, 1.54) is 11.3 Å². The smallest absolute Gasteiger partial charge is 0.0929 e. The first kappa shape index (κ1) is 28.8. The Morgan fingerprint density at radius 1 is 0.833 bits per heavy atom. The van der Waals surface area contributed by atoms with E-state index in [0.717, 1.165) is 39.3 Å². The number of benzene rings is 3. The normalized spacial score (nSPS) is 15.5. The molecular weight excluding hydrogens is 691 g/mol. The molecule has 1 aliphatic heterocycles. The molecule has 3 heterocycles. The molecule has 0 N–H and O–H groups in total. The van der Waals surface area contributed by atoms with Gasteiger partial charge in [0.15, 0.2) is 0 Å². The van der Waals surface area contributed by atoms with Gasteiger partial charge in [0.05, 0.1) is 5.69 Å². The Morgan fingerprint density at radius 3 is 2.21 bits per heavy atom. The molecular formula is C38H41IrN3-2. The van der Waals surface area contributed by atoms with Gasteiger partial charge >= 0.3 is 0 Å². The molecule has 0 amide bonds. The van der Waals surface area contributed by atoms with Crippen molar-refractivity contribution in [3.63, 3.8) is 0 Å². The van der Waals surface area contributed by atoms with E-state index in [1.807, 2.05) is 93.0 Å². The third kappa shape index (κ3) is 6.21. The van der Waals surface area contributed by atoms with Crippen LogP contribution in [-0.4, -0.2) is 14.8 Å². The maximum absolute atomic E-state index is 8.66. The summed E-state index contributed by atoms with van der Waals surface area (Å²) >= 11 is 0. The fourth-order valence-corrected chi connectivity index (χ4v) is 5.34. The van der Waals surface area contributed by atoms with E-state index in [1.54, 1.807) is 6.20 Å². The van der Waals surface area contributed by atoms with Gasteiger partial charge in [-0.1, -0.05) is 72.7 Å². The van der Waals surface area contributed by atoms with E-state index in [9.17, 15) is 0 Å². The third-order valence-corrected chi connectivity index (χ3v) is 8.31. The van der Waals surface area contributed by atoms with Crippen LogP contribution in [0, 0.1) is 24.5 Å². The largest absolute Gasteiger partial charge is 0.305 e. The van der Waals surface area contributed by atoms with Crippen molar-refractivity contribution in [3.8, 4) is 28.2 Å². The molecule has 4 heteroatoms. The number of aryl methyl sites for hydroxylation is 1. The van der Waals surface area contributed by atoms with Crippen LogP contribution in [0.15, 0.2) is 91.1 Å². The maximum atomic E-state index is 8.66. The molecule has 42 heavy (non-hydrogen) atoms. The SMILES string of the molecule is [2H]C([2H])(c1ccc(-c2cc3n(n2)-c2[c-]cccc2C(C)(C)C3(C)C)cc1C)C(C)(C)C.[Ir].[c-]1ccccc1-c1ccccn1. The van der Waals surface area contributed by atoms with Crippen molar-refractivity contribution >= 4 is 0 Å². The first-order chi connectivity index (χ1) is 20.2. The first-order valence-corrected chi connectivity index (χ1v) is 14.3. The Bertz CT molecular complexity index is 1700. The van der Waals surface area contributed by atoms with Crippen LogP contribution in [0.2, 0.25) is 0 Å². The van der Waals surface area contributed by atoms with E-state index in [-0.39, 0.29) is 30.9 Å². The molecule has 219 valence electrons. The maximum Gasteiger partial charge on any atom is 0.0929 e. The minimum atomic E-state index is -1.41. The molecule has 1 aliphatic rings. The Balaban J connectivity index is 0.000000284. The van der Waals surface area contributed by atoms with E-state index in [4.69, 9.17) is 7.84 Å². The van der Waals surface area contributed by atoms with Crippen molar-refractivity contribution in [2.24, 2.45) is 5.41 Å². The molecule has 0 bridgehead atoms. The predicted octanol–water partition coefficient (Wildman–Crippen LogP) is 9.35. The molecule has 0 atom stereocenters. The van der Waals surface area contributed by atoms with Crippen LogP contribution in [0.4, 0.5) is 0 Å². The summed E-state index contributed by atoms with van der Waals surface area (Å²) in [5.74, 6) is 0. The molecule has 0 unspecified atom stereocenters. The van der Waals surface area contributed by atoms with Crippen LogP contribution in [0.25, 0.3) is 28.2 Å². The zero-order valence-corrected chi connectivity index (χ0v) is 28.2. The number of fused-ring (bicyclic) bond motifs is 3.